The van der Waals surface area contributed by atoms with Crippen molar-refractivity contribution in [2.24, 2.45) is 11.8 Å². The lowest BCUT2D eigenvalue weighted by Crippen LogP contribution is -2.27. The third-order valence-corrected chi connectivity index (χ3v) is 4.38. The highest BCUT2D eigenvalue weighted by molar-refractivity contribution is 9.10. The molecule has 18 heavy (non-hydrogen) atoms. The first-order chi connectivity index (χ1) is 8.61. The Morgan fingerprint density at radius 1 is 1.33 bits per heavy atom. The largest absolute Gasteiger partial charge is 0.294 e. The van der Waals surface area contributed by atoms with Crippen molar-refractivity contribution in [3.8, 4) is 0 Å². The Kier molecular flexibility index (Phi) is 4.55. The topological polar surface area (TPSA) is 17.1 Å². The van der Waals surface area contributed by atoms with Crippen molar-refractivity contribution in [3.05, 3.63) is 34.1 Å². The molecule has 0 radical (unpaired) electrons. The van der Waals surface area contributed by atoms with E-state index in [0.717, 1.165) is 25.7 Å². The molecule has 2 rings (SSSR count). The number of Topliss-reactive ketones (excluding diaryl/α,β-unsaturated/α-hetero) is 1. The molecule has 1 aromatic carbocycles. The van der Waals surface area contributed by atoms with Gasteiger partial charge in [0.25, 0.3) is 0 Å². The number of rotatable bonds is 3. The minimum Gasteiger partial charge on any atom is -0.294 e. The monoisotopic (exact) mass is 312 g/mol. The van der Waals surface area contributed by atoms with Gasteiger partial charge in [-0.15, -0.1) is 0 Å². The van der Waals surface area contributed by atoms with Gasteiger partial charge in [0.2, 0.25) is 0 Å². The van der Waals surface area contributed by atoms with Crippen LogP contribution in [-0.2, 0) is 0 Å². The van der Waals surface area contributed by atoms with E-state index in [1.165, 1.54) is 18.6 Å². The van der Waals surface area contributed by atoms with Crippen molar-refractivity contribution >= 4 is 21.7 Å². The van der Waals surface area contributed by atoms with Gasteiger partial charge < -0.3 is 0 Å². The predicted octanol–water partition coefficient (Wildman–Crippen LogP) is 4.99. The molecule has 0 saturated heterocycles. The van der Waals surface area contributed by atoms with Crippen LogP contribution in [0.2, 0.25) is 0 Å². The standard InChI is InChI=1S/C15H18BrFO/c1-2-10-5-3-4-6-14(10)15(18)11-7-12(16)9-13(17)8-11/h7-10,14H,2-6H2,1H3. The van der Waals surface area contributed by atoms with Crippen molar-refractivity contribution in [2.45, 2.75) is 39.0 Å². The summed E-state index contributed by atoms with van der Waals surface area (Å²) < 4.78 is 14.0. The molecule has 2 atom stereocenters. The number of hydrogen-bond donors (Lipinski definition) is 0. The van der Waals surface area contributed by atoms with E-state index in [2.05, 4.69) is 22.9 Å². The maximum absolute atomic E-state index is 13.4. The molecule has 98 valence electrons. The smallest absolute Gasteiger partial charge is 0.166 e. The van der Waals surface area contributed by atoms with Crippen LogP contribution >= 0.6 is 15.9 Å². The van der Waals surface area contributed by atoms with Crippen LogP contribution in [-0.4, -0.2) is 5.78 Å². The number of carbonyl (C=O) groups is 1. The first-order valence-corrected chi connectivity index (χ1v) is 7.41. The zero-order valence-corrected chi connectivity index (χ0v) is 12.2. The van der Waals surface area contributed by atoms with Crippen molar-refractivity contribution in [2.75, 3.05) is 0 Å². The van der Waals surface area contributed by atoms with Gasteiger partial charge in [-0.2, -0.15) is 0 Å². The number of hydrogen-bond acceptors (Lipinski definition) is 1. The summed E-state index contributed by atoms with van der Waals surface area (Å²) in [6.07, 6.45) is 5.44. The lowest BCUT2D eigenvalue weighted by molar-refractivity contribution is 0.0820. The van der Waals surface area contributed by atoms with E-state index in [0.29, 0.717) is 16.0 Å². The summed E-state index contributed by atoms with van der Waals surface area (Å²) in [7, 11) is 0. The van der Waals surface area contributed by atoms with Crippen LogP contribution in [0.15, 0.2) is 22.7 Å². The van der Waals surface area contributed by atoms with E-state index in [-0.39, 0.29) is 17.5 Å². The van der Waals surface area contributed by atoms with Gasteiger partial charge in [-0.25, -0.2) is 4.39 Å². The minimum absolute atomic E-state index is 0.0810. The van der Waals surface area contributed by atoms with Crippen LogP contribution in [0.3, 0.4) is 0 Å². The van der Waals surface area contributed by atoms with E-state index in [9.17, 15) is 9.18 Å². The molecule has 0 spiro atoms. The van der Waals surface area contributed by atoms with Crippen LogP contribution in [0.5, 0.6) is 0 Å². The van der Waals surface area contributed by atoms with Gasteiger partial charge in [-0.3, -0.25) is 4.79 Å². The van der Waals surface area contributed by atoms with Crippen LogP contribution in [0.4, 0.5) is 4.39 Å². The molecular weight excluding hydrogens is 295 g/mol. The Balaban J connectivity index is 2.23. The van der Waals surface area contributed by atoms with Crippen molar-refractivity contribution in [3.63, 3.8) is 0 Å². The van der Waals surface area contributed by atoms with Crippen LogP contribution in [0, 0.1) is 17.7 Å². The maximum atomic E-state index is 13.4. The zero-order valence-electron chi connectivity index (χ0n) is 10.6. The molecule has 3 heteroatoms. The summed E-state index contributed by atoms with van der Waals surface area (Å²) in [5, 5.41) is 0. The summed E-state index contributed by atoms with van der Waals surface area (Å²) in [5.41, 5.74) is 0.507. The SMILES string of the molecule is CCC1CCCCC1C(=O)c1cc(F)cc(Br)c1. The molecule has 1 nitrogen and oxygen atoms in total. The van der Waals surface area contributed by atoms with Crippen molar-refractivity contribution in [1.29, 1.82) is 0 Å². The van der Waals surface area contributed by atoms with E-state index in [1.54, 1.807) is 6.07 Å². The highest BCUT2D eigenvalue weighted by Gasteiger charge is 2.30. The number of halogens is 2. The molecule has 0 N–H and O–H groups in total. The quantitative estimate of drug-likeness (QED) is 0.719. The third-order valence-electron chi connectivity index (χ3n) is 3.92. The molecule has 1 aromatic rings. The fourth-order valence-corrected chi connectivity index (χ4v) is 3.42. The Labute approximate surface area is 116 Å². The zero-order chi connectivity index (χ0) is 13.1. The summed E-state index contributed by atoms with van der Waals surface area (Å²) in [5.74, 6) is 0.309. The summed E-state index contributed by atoms with van der Waals surface area (Å²) in [4.78, 5) is 12.5. The van der Waals surface area contributed by atoms with Gasteiger partial charge in [0.1, 0.15) is 5.82 Å². The van der Waals surface area contributed by atoms with Crippen LogP contribution in [0.25, 0.3) is 0 Å². The Hall–Kier alpha value is -0.700. The lowest BCUT2D eigenvalue weighted by atomic mass is 9.74. The third kappa shape index (κ3) is 3.00. The summed E-state index contributed by atoms with van der Waals surface area (Å²) in [6.45, 7) is 2.14. The number of ketones is 1. The number of benzene rings is 1. The maximum Gasteiger partial charge on any atom is 0.166 e. The average Bonchev–Trinajstić information content (AvgIpc) is 2.36. The van der Waals surface area contributed by atoms with E-state index >= 15 is 0 Å². The molecule has 1 aliphatic carbocycles. The molecule has 0 aromatic heterocycles. The molecular formula is C15H18BrFO. The molecule has 0 heterocycles. The van der Waals surface area contributed by atoms with Crippen molar-refractivity contribution in [1.82, 2.24) is 0 Å². The molecule has 1 fully saturated rings. The Morgan fingerprint density at radius 3 is 2.72 bits per heavy atom. The van der Waals surface area contributed by atoms with Crippen molar-refractivity contribution < 1.29 is 9.18 Å². The Bertz CT molecular complexity index is 424. The van der Waals surface area contributed by atoms with E-state index < -0.39 is 0 Å². The van der Waals surface area contributed by atoms with Gasteiger partial charge in [-0.1, -0.05) is 42.1 Å². The summed E-state index contributed by atoms with van der Waals surface area (Å²) in [6, 6.07) is 4.47. The summed E-state index contributed by atoms with van der Waals surface area (Å²) >= 11 is 3.25. The molecule has 1 aliphatic rings. The molecule has 0 amide bonds. The normalized spacial score (nSPS) is 23.9. The fourth-order valence-electron chi connectivity index (χ4n) is 2.95. The van der Waals surface area contributed by atoms with E-state index in [4.69, 9.17) is 0 Å². The van der Waals surface area contributed by atoms with Gasteiger partial charge >= 0.3 is 0 Å². The first-order valence-electron chi connectivity index (χ1n) is 6.62. The van der Waals surface area contributed by atoms with Gasteiger partial charge in [0.05, 0.1) is 0 Å². The number of carbonyl (C=O) groups excluding carboxylic acids is 1. The average molecular weight is 313 g/mol. The fraction of sp³-hybridized carbons (Fsp3) is 0.533. The first kappa shape index (κ1) is 13.7. The molecule has 2 unspecified atom stereocenters. The Morgan fingerprint density at radius 2 is 2.06 bits per heavy atom. The molecule has 0 bridgehead atoms. The van der Waals surface area contributed by atoms with Crippen LogP contribution in [0.1, 0.15) is 49.4 Å². The minimum atomic E-state index is -0.350. The second-order valence-electron chi connectivity index (χ2n) is 5.08. The van der Waals surface area contributed by atoms with Crippen LogP contribution < -0.4 is 0 Å². The molecule has 1 saturated carbocycles. The second kappa shape index (κ2) is 5.96. The lowest BCUT2D eigenvalue weighted by Gasteiger charge is -2.29. The van der Waals surface area contributed by atoms with Gasteiger partial charge in [0, 0.05) is 16.0 Å². The molecule has 0 aliphatic heterocycles. The highest BCUT2D eigenvalue weighted by Crippen LogP contribution is 2.34. The van der Waals surface area contributed by atoms with E-state index in [1.807, 2.05) is 0 Å². The highest BCUT2D eigenvalue weighted by atomic mass is 79.9. The second-order valence-corrected chi connectivity index (χ2v) is 6.00. The van der Waals surface area contributed by atoms with Gasteiger partial charge in [0.15, 0.2) is 5.78 Å². The predicted molar refractivity (Wildman–Crippen MR) is 74.2 cm³/mol. The van der Waals surface area contributed by atoms with Gasteiger partial charge in [-0.05, 0) is 37.0 Å².